The monoisotopic (exact) mass is 518 g/mol. The van der Waals surface area contributed by atoms with E-state index in [1.807, 2.05) is 36.4 Å². The summed E-state index contributed by atoms with van der Waals surface area (Å²) in [6.07, 6.45) is 1.36. The number of carbonyl (C=O) groups is 2. The fourth-order valence-electron chi connectivity index (χ4n) is 3.88. The summed E-state index contributed by atoms with van der Waals surface area (Å²) in [5.41, 5.74) is 4.91. The second kappa shape index (κ2) is 14.9. The Morgan fingerprint density at radius 3 is 2.22 bits per heavy atom. The normalized spacial score (nSPS) is 19.6. The molecule has 0 aliphatic carbocycles. The first kappa shape index (κ1) is 28.1. The molecule has 0 bridgehead atoms. The third-order valence-corrected chi connectivity index (χ3v) is 6.88. The Balaban J connectivity index is 1.60. The molecule has 5 N–H and O–H groups in total. The summed E-state index contributed by atoms with van der Waals surface area (Å²) in [4.78, 5) is 23.2. The predicted octanol–water partition coefficient (Wildman–Crippen LogP) is 3.45. The summed E-state index contributed by atoms with van der Waals surface area (Å²) in [5, 5.41) is 29.8. The van der Waals surface area contributed by atoms with E-state index >= 15 is 0 Å². The number of unbranched alkanes of at least 4 members (excludes halogenated alkanes) is 1. The van der Waals surface area contributed by atoms with E-state index in [4.69, 9.17) is 19.8 Å². The number of thioether (sulfide) groups is 1. The minimum Gasteiger partial charge on any atom is -0.396 e. The zero-order chi connectivity index (χ0) is 25.8. The molecule has 1 aliphatic heterocycles. The third-order valence-electron chi connectivity index (χ3n) is 5.80. The molecule has 1 saturated heterocycles. The molecular weight excluding hydrogens is 484 g/mol. The van der Waals surface area contributed by atoms with Gasteiger partial charge in [0.1, 0.15) is 0 Å². The highest BCUT2D eigenvalue weighted by Crippen LogP contribution is 2.39. The average Bonchev–Trinajstić information content (AvgIpc) is 2.91. The van der Waals surface area contributed by atoms with Gasteiger partial charge in [0.2, 0.25) is 11.8 Å². The lowest BCUT2D eigenvalue weighted by Crippen LogP contribution is -2.31. The van der Waals surface area contributed by atoms with Crippen molar-refractivity contribution in [3.8, 4) is 0 Å². The number of hydrogen-bond acceptors (Lipinski definition) is 8. The van der Waals surface area contributed by atoms with Crippen molar-refractivity contribution in [1.29, 1.82) is 0 Å². The van der Waals surface area contributed by atoms with E-state index in [0.29, 0.717) is 30.7 Å². The van der Waals surface area contributed by atoms with Gasteiger partial charge >= 0.3 is 0 Å². The third kappa shape index (κ3) is 8.88. The van der Waals surface area contributed by atoms with Gasteiger partial charge in [0.25, 0.3) is 0 Å². The Labute approximate surface area is 215 Å². The zero-order valence-corrected chi connectivity index (χ0v) is 20.9. The van der Waals surface area contributed by atoms with E-state index in [1.54, 1.807) is 29.4 Å². The van der Waals surface area contributed by atoms with E-state index in [-0.39, 0.29) is 44.2 Å². The largest absolute Gasteiger partial charge is 0.396 e. The molecule has 0 spiro atoms. The molecule has 2 aromatic carbocycles. The van der Waals surface area contributed by atoms with Crippen LogP contribution in [0.3, 0.4) is 0 Å². The number of carbonyl (C=O) groups excluding carboxylic acids is 2. The maximum Gasteiger partial charge on any atom is 0.243 e. The maximum atomic E-state index is 12.2. The molecule has 0 unspecified atom stereocenters. The van der Waals surface area contributed by atoms with E-state index in [0.717, 1.165) is 22.4 Å². The first-order chi connectivity index (χ1) is 17.5. The molecule has 1 heterocycles. The molecule has 0 saturated carbocycles. The highest BCUT2D eigenvalue weighted by Gasteiger charge is 2.32. The number of anilines is 1. The number of hydroxylamine groups is 1. The number of nitrogens with one attached hydrogen (secondary N) is 2. The van der Waals surface area contributed by atoms with Crippen molar-refractivity contribution in [3.05, 3.63) is 65.2 Å². The maximum absolute atomic E-state index is 12.2. The van der Waals surface area contributed by atoms with Crippen molar-refractivity contribution in [3.63, 3.8) is 0 Å². The number of hydrogen-bond donors (Lipinski definition) is 5. The molecule has 1 fully saturated rings. The minimum absolute atomic E-state index is 0.0122. The van der Waals surface area contributed by atoms with Crippen LogP contribution in [0.5, 0.6) is 0 Å². The summed E-state index contributed by atoms with van der Waals surface area (Å²) in [6.45, 7) is 0.107. The van der Waals surface area contributed by atoms with Gasteiger partial charge in [-0.25, -0.2) is 5.48 Å². The SMILES string of the molecule is O=C(CCCCC(=O)Nc1ccc([C@H]2O[C@@H](CSCCO)C[C@@H](c3ccc(CO)cc3)O2)cc1)NO. The van der Waals surface area contributed by atoms with Crippen LogP contribution in [0.15, 0.2) is 48.5 Å². The van der Waals surface area contributed by atoms with Crippen molar-refractivity contribution in [2.24, 2.45) is 0 Å². The van der Waals surface area contributed by atoms with Crippen LogP contribution in [0.25, 0.3) is 0 Å². The number of rotatable bonds is 13. The summed E-state index contributed by atoms with van der Waals surface area (Å²) in [7, 11) is 0. The molecule has 9 nitrogen and oxygen atoms in total. The van der Waals surface area contributed by atoms with Crippen LogP contribution < -0.4 is 10.8 Å². The quantitative estimate of drug-likeness (QED) is 0.154. The van der Waals surface area contributed by atoms with Crippen molar-refractivity contribution in [2.75, 3.05) is 23.4 Å². The van der Waals surface area contributed by atoms with Gasteiger partial charge in [-0.1, -0.05) is 36.4 Å². The van der Waals surface area contributed by atoms with Gasteiger partial charge in [0.15, 0.2) is 6.29 Å². The van der Waals surface area contributed by atoms with E-state index in [9.17, 15) is 14.7 Å². The number of aliphatic hydroxyl groups excluding tert-OH is 2. The van der Waals surface area contributed by atoms with Crippen molar-refractivity contribution in [1.82, 2.24) is 5.48 Å². The summed E-state index contributed by atoms with van der Waals surface area (Å²) in [5.74, 6) is 0.769. The van der Waals surface area contributed by atoms with Crippen LogP contribution in [-0.4, -0.2) is 51.5 Å². The van der Waals surface area contributed by atoms with Gasteiger partial charge < -0.3 is 25.0 Å². The number of benzene rings is 2. The lowest BCUT2D eigenvalue weighted by molar-refractivity contribution is -0.245. The predicted molar refractivity (Wildman–Crippen MR) is 136 cm³/mol. The lowest BCUT2D eigenvalue weighted by atomic mass is 10.0. The summed E-state index contributed by atoms with van der Waals surface area (Å²) in [6, 6.07) is 15.0. The Hall–Kier alpha value is -2.47. The molecular formula is C26H34N2O7S. The molecule has 2 aromatic rings. The van der Waals surface area contributed by atoms with Gasteiger partial charge in [-0.3, -0.25) is 14.8 Å². The van der Waals surface area contributed by atoms with Crippen LogP contribution in [0.2, 0.25) is 0 Å². The second-order valence-corrected chi connectivity index (χ2v) is 9.71. The number of aliphatic hydroxyl groups is 2. The van der Waals surface area contributed by atoms with Crippen LogP contribution in [-0.2, 0) is 25.7 Å². The van der Waals surface area contributed by atoms with Crippen LogP contribution in [0.1, 0.15) is 61.2 Å². The molecule has 3 rings (SSSR count). The van der Waals surface area contributed by atoms with Gasteiger partial charge in [0, 0.05) is 42.0 Å². The van der Waals surface area contributed by atoms with Gasteiger partial charge in [-0.2, -0.15) is 11.8 Å². The average molecular weight is 519 g/mol. The standard InChI is InChI=1S/C26H34N2O7S/c29-13-14-36-17-22-15-23(19-7-5-18(16-30)6-8-19)35-26(34-22)20-9-11-21(12-10-20)27-24(31)3-1-2-4-25(32)28-33/h5-12,22-23,26,29-30,33H,1-4,13-17H2,(H,27,31)(H,28,32)/t22-,23+,26+/m1/s1. The molecule has 10 heteroatoms. The van der Waals surface area contributed by atoms with Crippen molar-refractivity contribution in [2.45, 2.75) is 57.2 Å². The van der Waals surface area contributed by atoms with E-state index in [2.05, 4.69) is 5.32 Å². The zero-order valence-electron chi connectivity index (χ0n) is 20.1. The lowest BCUT2D eigenvalue weighted by Gasteiger charge is -2.36. The Morgan fingerprint density at radius 2 is 1.58 bits per heavy atom. The molecule has 1 aliphatic rings. The molecule has 0 aromatic heterocycles. The van der Waals surface area contributed by atoms with E-state index < -0.39 is 12.2 Å². The van der Waals surface area contributed by atoms with Gasteiger partial charge in [-0.05, 0) is 36.1 Å². The molecule has 0 radical (unpaired) electrons. The first-order valence-electron chi connectivity index (χ1n) is 12.0. The van der Waals surface area contributed by atoms with E-state index in [1.165, 1.54) is 0 Å². The topological polar surface area (TPSA) is 137 Å². The number of ether oxygens (including phenoxy) is 2. The fraction of sp³-hybridized carbons (Fsp3) is 0.462. The molecule has 36 heavy (non-hydrogen) atoms. The van der Waals surface area contributed by atoms with Crippen molar-refractivity contribution >= 4 is 29.3 Å². The van der Waals surface area contributed by atoms with Gasteiger partial charge in [0.05, 0.1) is 25.4 Å². The van der Waals surface area contributed by atoms with Crippen LogP contribution in [0, 0.1) is 0 Å². The smallest absolute Gasteiger partial charge is 0.243 e. The fourth-order valence-corrected chi connectivity index (χ4v) is 4.65. The minimum atomic E-state index is -0.580. The second-order valence-electron chi connectivity index (χ2n) is 8.56. The summed E-state index contributed by atoms with van der Waals surface area (Å²) < 4.78 is 12.5. The molecule has 196 valence electrons. The van der Waals surface area contributed by atoms with Crippen LogP contribution in [0.4, 0.5) is 5.69 Å². The van der Waals surface area contributed by atoms with Gasteiger partial charge in [-0.15, -0.1) is 0 Å². The highest BCUT2D eigenvalue weighted by molar-refractivity contribution is 7.99. The Bertz CT molecular complexity index is 956. The van der Waals surface area contributed by atoms with Crippen molar-refractivity contribution < 1.29 is 34.5 Å². The summed E-state index contributed by atoms with van der Waals surface area (Å²) >= 11 is 1.63. The Morgan fingerprint density at radius 1 is 0.917 bits per heavy atom. The van der Waals surface area contributed by atoms with Crippen LogP contribution >= 0.6 is 11.8 Å². The molecule has 2 amide bonds. The highest BCUT2D eigenvalue weighted by atomic mass is 32.2. The Kier molecular flexibility index (Phi) is 11.7. The molecule has 3 atom stereocenters. The number of amides is 2. The first-order valence-corrected chi connectivity index (χ1v) is 13.2.